The van der Waals surface area contributed by atoms with Crippen LogP contribution in [0.1, 0.15) is 12.0 Å². The van der Waals surface area contributed by atoms with E-state index in [2.05, 4.69) is 17.2 Å². The summed E-state index contributed by atoms with van der Waals surface area (Å²) in [6.07, 6.45) is -0.523. The second kappa shape index (κ2) is 5.37. The predicted octanol–water partition coefficient (Wildman–Crippen LogP) is 0.898. The Morgan fingerprint density at radius 3 is 2.82 bits per heavy atom. The van der Waals surface area contributed by atoms with E-state index < -0.39 is 12.2 Å². The number of carbonyl (C=O) groups is 1. The molecule has 0 aliphatic carbocycles. The molecule has 1 amide bonds. The summed E-state index contributed by atoms with van der Waals surface area (Å²) in [7, 11) is 0. The highest BCUT2D eigenvalue weighted by molar-refractivity contribution is 5.71. The molecule has 1 heterocycles. The fourth-order valence-electron chi connectivity index (χ4n) is 1.63. The van der Waals surface area contributed by atoms with Crippen LogP contribution in [-0.4, -0.2) is 30.0 Å². The van der Waals surface area contributed by atoms with Crippen LogP contribution in [-0.2, 0) is 4.74 Å². The molecular formula is C13H13NO3. The van der Waals surface area contributed by atoms with Crippen molar-refractivity contribution in [2.75, 3.05) is 6.61 Å². The lowest BCUT2D eigenvalue weighted by atomic mass is 10.1. The minimum atomic E-state index is -0.491. The Labute approximate surface area is 99.6 Å². The average Bonchev–Trinajstić information content (AvgIpc) is 2.69. The van der Waals surface area contributed by atoms with Gasteiger partial charge >= 0.3 is 6.09 Å². The van der Waals surface area contributed by atoms with Gasteiger partial charge in [-0.2, -0.15) is 0 Å². The Morgan fingerprint density at radius 1 is 1.35 bits per heavy atom. The molecule has 1 fully saturated rings. The highest BCUT2D eigenvalue weighted by Crippen LogP contribution is 2.11. The first-order valence-electron chi connectivity index (χ1n) is 5.44. The van der Waals surface area contributed by atoms with E-state index in [0.717, 1.165) is 5.56 Å². The van der Waals surface area contributed by atoms with Gasteiger partial charge in [0.05, 0.1) is 6.04 Å². The quantitative estimate of drug-likeness (QED) is 0.743. The molecule has 17 heavy (non-hydrogen) atoms. The number of rotatable bonds is 2. The summed E-state index contributed by atoms with van der Waals surface area (Å²) in [5.74, 6) is 5.84. The summed E-state index contributed by atoms with van der Waals surface area (Å²) < 4.78 is 5.01. The lowest BCUT2D eigenvalue weighted by molar-refractivity contribution is 0.153. The zero-order valence-electron chi connectivity index (χ0n) is 9.22. The maximum atomic E-state index is 11.1. The van der Waals surface area contributed by atoms with Gasteiger partial charge < -0.3 is 15.2 Å². The Morgan fingerprint density at radius 2 is 2.12 bits per heavy atom. The summed E-state index contributed by atoms with van der Waals surface area (Å²) in [4.78, 5) is 11.1. The summed E-state index contributed by atoms with van der Waals surface area (Å²) in [5, 5.41) is 11.5. The number of hydrogen-bond donors (Lipinski definition) is 2. The maximum absolute atomic E-state index is 11.1. The molecule has 4 nitrogen and oxygen atoms in total. The molecule has 0 bridgehead atoms. The van der Waals surface area contributed by atoms with Crippen LogP contribution in [0, 0.1) is 11.8 Å². The van der Waals surface area contributed by atoms with Crippen molar-refractivity contribution >= 4 is 6.09 Å². The Hall–Kier alpha value is -1.99. The first-order valence-corrected chi connectivity index (χ1v) is 5.44. The van der Waals surface area contributed by atoms with Gasteiger partial charge in [0.2, 0.25) is 0 Å². The van der Waals surface area contributed by atoms with Crippen molar-refractivity contribution in [2.45, 2.75) is 18.6 Å². The number of amides is 1. The van der Waals surface area contributed by atoms with Crippen LogP contribution in [0.5, 0.6) is 0 Å². The average molecular weight is 231 g/mol. The third-order valence-corrected chi connectivity index (χ3v) is 2.48. The predicted molar refractivity (Wildman–Crippen MR) is 62.2 cm³/mol. The van der Waals surface area contributed by atoms with Crippen LogP contribution < -0.4 is 5.32 Å². The topological polar surface area (TPSA) is 58.6 Å². The van der Waals surface area contributed by atoms with Gasteiger partial charge in [-0.3, -0.25) is 0 Å². The number of carbonyl (C=O) groups excluding carboxylic acids is 1. The molecule has 1 aliphatic rings. The first-order chi connectivity index (χ1) is 8.29. The smallest absolute Gasteiger partial charge is 0.408 e. The third-order valence-electron chi connectivity index (χ3n) is 2.48. The molecule has 2 N–H and O–H groups in total. The van der Waals surface area contributed by atoms with Crippen molar-refractivity contribution in [3.8, 4) is 11.8 Å². The van der Waals surface area contributed by atoms with Gasteiger partial charge in [0, 0.05) is 12.2 Å². The third kappa shape index (κ3) is 2.99. The lowest BCUT2D eigenvalue weighted by Gasteiger charge is -2.09. The van der Waals surface area contributed by atoms with E-state index in [9.17, 15) is 4.79 Å². The van der Waals surface area contributed by atoms with E-state index in [1.54, 1.807) is 0 Å². The zero-order chi connectivity index (χ0) is 12.1. The number of aliphatic hydroxyl groups excluding tert-OH is 1. The fraction of sp³-hybridized carbons (Fsp3) is 0.308. The Bertz CT molecular complexity index is 447. The van der Waals surface area contributed by atoms with E-state index in [4.69, 9.17) is 9.84 Å². The van der Waals surface area contributed by atoms with Gasteiger partial charge in [-0.25, -0.2) is 4.79 Å². The largest absolute Gasteiger partial charge is 0.431 e. The van der Waals surface area contributed by atoms with Crippen molar-refractivity contribution in [3.63, 3.8) is 0 Å². The van der Waals surface area contributed by atoms with Crippen LogP contribution in [0.3, 0.4) is 0 Å². The van der Waals surface area contributed by atoms with Gasteiger partial charge in [0.25, 0.3) is 0 Å². The Kier molecular flexibility index (Phi) is 3.63. The number of ether oxygens (including phenoxy) is 1. The minimum absolute atomic E-state index is 0.00216. The van der Waals surface area contributed by atoms with Gasteiger partial charge in [-0.15, -0.1) is 0 Å². The molecule has 4 heteroatoms. The number of cyclic esters (lactones) is 1. The van der Waals surface area contributed by atoms with Gasteiger partial charge in [-0.05, 0) is 18.6 Å². The van der Waals surface area contributed by atoms with Crippen LogP contribution in [0.4, 0.5) is 4.79 Å². The van der Waals surface area contributed by atoms with E-state index in [1.165, 1.54) is 0 Å². The monoisotopic (exact) mass is 231 g/mol. The SMILES string of the molecule is O=C1N[C@@H](CCO)[C@@H](C#Cc2ccccc2)O1. The highest BCUT2D eigenvalue weighted by atomic mass is 16.6. The first kappa shape index (κ1) is 11.5. The highest BCUT2D eigenvalue weighted by Gasteiger charge is 2.31. The van der Waals surface area contributed by atoms with Crippen molar-refractivity contribution in [1.29, 1.82) is 0 Å². The number of aliphatic hydroxyl groups is 1. The van der Waals surface area contributed by atoms with Gasteiger partial charge in [-0.1, -0.05) is 30.0 Å². The lowest BCUT2D eigenvalue weighted by Crippen LogP contribution is -2.31. The molecule has 1 saturated heterocycles. The van der Waals surface area contributed by atoms with Crippen LogP contribution in [0.15, 0.2) is 30.3 Å². The second-order valence-electron chi connectivity index (χ2n) is 3.72. The Balaban J connectivity index is 2.07. The molecular weight excluding hydrogens is 218 g/mol. The van der Waals surface area contributed by atoms with Crippen molar-refractivity contribution in [1.82, 2.24) is 5.32 Å². The number of alkyl carbamates (subject to hydrolysis) is 1. The van der Waals surface area contributed by atoms with Crippen LogP contribution in [0.2, 0.25) is 0 Å². The summed E-state index contributed by atoms with van der Waals surface area (Å²) in [6, 6.07) is 9.25. The maximum Gasteiger partial charge on any atom is 0.408 e. The van der Waals surface area contributed by atoms with E-state index in [-0.39, 0.29) is 12.6 Å². The number of hydrogen-bond acceptors (Lipinski definition) is 3. The number of benzene rings is 1. The van der Waals surface area contributed by atoms with E-state index >= 15 is 0 Å². The molecule has 1 aromatic rings. The molecule has 0 spiro atoms. The normalized spacial score (nSPS) is 22.3. The molecule has 1 aromatic carbocycles. The fourth-order valence-corrected chi connectivity index (χ4v) is 1.63. The number of nitrogens with one attached hydrogen (secondary N) is 1. The van der Waals surface area contributed by atoms with Crippen molar-refractivity contribution < 1.29 is 14.6 Å². The molecule has 2 rings (SSSR count). The molecule has 0 saturated carbocycles. The van der Waals surface area contributed by atoms with Gasteiger partial charge in [0.1, 0.15) is 0 Å². The second-order valence-corrected chi connectivity index (χ2v) is 3.72. The molecule has 0 aromatic heterocycles. The van der Waals surface area contributed by atoms with E-state index in [0.29, 0.717) is 6.42 Å². The van der Waals surface area contributed by atoms with Crippen molar-refractivity contribution in [3.05, 3.63) is 35.9 Å². The molecule has 0 radical (unpaired) electrons. The summed E-state index contributed by atoms with van der Waals surface area (Å²) in [6.45, 7) is -0.00216. The molecule has 88 valence electrons. The van der Waals surface area contributed by atoms with Gasteiger partial charge in [0.15, 0.2) is 6.10 Å². The minimum Gasteiger partial charge on any atom is -0.431 e. The van der Waals surface area contributed by atoms with Crippen LogP contribution >= 0.6 is 0 Å². The van der Waals surface area contributed by atoms with E-state index in [1.807, 2.05) is 30.3 Å². The molecule has 2 atom stereocenters. The molecule has 1 aliphatic heterocycles. The molecule has 0 unspecified atom stereocenters. The summed E-state index contributed by atoms with van der Waals surface area (Å²) >= 11 is 0. The standard InChI is InChI=1S/C13H13NO3/c15-9-8-11-12(17-13(16)14-11)7-6-10-4-2-1-3-5-10/h1-5,11-12,15H,8-9H2,(H,14,16)/t11-,12+/m0/s1. The van der Waals surface area contributed by atoms with Crippen LogP contribution in [0.25, 0.3) is 0 Å². The van der Waals surface area contributed by atoms with Crippen molar-refractivity contribution in [2.24, 2.45) is 0 Å². The summed E-state index contributed by atoms with van der Waals surface area (Å²) in [5.41, 5.74) is 0.873. The zero-order valence-corrected chi connectivity index (χ0v) is 9.22.